The monoisotopic (exact) mass is 310 g/mol. The molecule has 3 aromatic heterocycles. The zero-order valence-corrected chi connectivity index (χ0v) is 13.6. The third-order valence-corrected chi connectivity index (χ3v) is 5.40. The smallest absolute Gasteiger partial charge is 0.139 e. The maximum atomic E-state index is 4.68. The molecule has 0 saturated heterocycles. The summed E-state index contributed by atoms with van der Waals surface area (Å²) in [5.41, 5.74) is 2.62. The van der Waals surface area contributed by atoms with Crippen LogP contribution in [0.3, 0.4) is 0 Å². The molecule has 4 rings (SSSR count). The Bertz CT molecular complexity index is 826. The van der Waals surface area contributed by atoms with E-state index in [2.05, 4.69) is 33.3 Å². The first kappa shape index (κ1) is 13.6. The molecule has 0 amide bonds. The molecule has 3 heterocycles. The summed E-state index contributed by atoms with van der Waals surface area (Å²) in [5, 5.41) is 4.81. The van der Waals surface area contributed by atoms with E-state index in [-0.39, 0.29) is 6.04 Å². The van der Waals surface area contributed by atoms with E-state index in [0.29, 0.717) is 0 Å². The third-order valence-electron chi connectivity index (χ3n) is 4.21. The number of fused-ring (bicyclic) bond motifs is 3. The molecule has 112 valence electrons. The number of nitrogens with zero attached hydrogens (tertiary/aromatic N) is 3. The Hall–Kier alpha value is -2.01. The van der Waals surface area contributed by atoms with Gasteiger partial charge in [0.05, 0.1) is 11.4 Å². The molecule has 5 heteroatoms. The Balaban J connectivity index is 1.78. The summed E-state index contributed by atoms with van der Waals surface area (Å²) in [4.78, 5) is 16.1. The zero-order chi connectivity index (χ0) is 15.1. The first-order valence-corrected chi connectivity index (χ1v) is 8.49. The first-order chi connectivity index (χ1) is 10.7. The summed E-state index contributed by atoms with van der Waals surface area (Å²) in [6, 6.07) is 4.23. The minimum absolute atomic E-state index is 0.170. The topological polar surface area (TPSA) is 50.7 Å². The Kier molecular flexibility index (Phi) is 3.30. The second-order valence-electron chi connectivity index (χ2n) is 5.81. The fraction of sp³-hybridized carbons (Fsp3) is 0.353. The predicted octanol–water partition coefficient (Wildman–Crippen LogP) is 4.06. The normalized spacial score (nSPS) is 15.0. The fourth-order valence-electron chi connectivity index (χ4n) is 3.13. The van der Waals surface area contributed by atoms with E-state index in [1.54, 1.807) is 6.20 Å². The number of rotatable bonds is 3. The molecule has 0 saturated carbocycles. The van der Waals surface area contributed by atoms with Crippen LogP contribution in [0.25, 0.3) is 10.2 Å². The van der Waals surface area contributed by atoms with Gasteiger partial charge in [-0.15, -0.1) is 11.3 Å². The van der Waals surface area contributed by atoms with Crippen LogP contribution in [-0.2, 0) is 12.8 Å². The molecule has 0 fully saturated rings. The summed E-state index contributed by atoms with van der Waals surface area (Å²) in [5.74, 6) is 1.80. The van der Waals surface area contributed by atoms with Crippen molar-refractivity contribution in [3.8, 4) is 0 Å². The molecule has 0 unspecified atom stereocenters. The second kappa shape index (κ2) is 5.32. The van der Waals surface area contributed by atoms with E-state index in [0.717, 1.165) is 22.9 Å². The molecule has 1 aliphatic rings. The van der Waals surface area contributed by atoms with Crippen LogP contribution in [0.5, 0.6) is 0 Å². The van der Waals surface area contributed by atoms with Gasteiger partial charge in [-0.1, -0.05) is 6.07 Å². The van der Waals surface area contributed by atoms with Crippen molar-refractivity contribution in [3.05, 3.63) is 46.4 Å². The third kappa shape index (κ3) is 2.25. The van der Waals surface area contributed by atoms with Crippen LogP contribution in [-0.4, -0.2) is 15.0 Å². The van der Waals surface area contributed by atoms with Gasteiger partial charge >= 0.3 is 0 Å². The van der Waals surface area contributed by atoms with Crippen molar-refractivity contribution in [2.24, 2.45) is 0 Å². The average molecular weight is 310 g/mol. The Morgan fingerprint density at radius 3 is 3.00 bits per heavy atom. The number of nitrogens with one attached hydrogen (secondary N) is 1. The standard InChI is InChI=1S/C17H18N4S/c1-10(12-5-4-8-18-9-12)19-16-15-13-6-3-7-14(13)22-17(15)21-11(2)20-16/h4-5,8-10H,3,6-7H2,1-2H3,(H,19,20,21)/t10-/m0/s1. The molecule has 4 nitrogen and oxygen atoms in total. The number of pyridine rings is 1. The summed E-state index contributed by atoms with van der Waals surface area (Å²) in [6.45, 7) is 4.11. The summed E-state index contributed by atoms with van der Waals surface area (Å²) in [7, 11) is 0. The molecule has 0 bridgehead atoms. The van der Waals surface area contributed by atoms with Crippen molar-refractivity contribution in [1.29, 1.82) is 0 Å². The lowest BCUT2D eigenvalue weighted by Gasteiger charge is -2.16. The minimum atomic E-state index is 0.170. The fourth-order valence-corrected chi connectivity index (χ4v) is 4.43. The maximum absolute atomic E-state index is 4.68. The molecular formula is C17H18N4S. The number of anilines is 1. The second-order valence-corrected chi connectivity index (χ2v) is 6.89. The van der Waals surface area contributed by atoms with Crippen molar-refractivity contribution in [2.45, 2.75) is 39.2 Å². The van der Waals surface area contributed by atoms with E-state index in [9.17, 15) is 0 Å². The lowest BCUT2D eigenvalue weighted by molar-refractivity contribution is 0.863. The van der Waals surface area contributed by atoms with Gasteiger partial charge < -0.3 is 5.32 Å². The first-order valence-electron chi connectivity index (χ1n) is 7.67. The van der Waals surface area contributed by atoms with E-state index in [1.165, 1.54) is 34.2 Å². The number of thiophene rings is 1. The number of hydrogen-bond acceptors (Lipinski definition) is 5. The van der Waals surface area contributed by atoms with Crippen molar-refractivity contribution in [1.82, 2.24) is 15.0 Å². The van der Waals surface area contributed by atoms with Gasteiger partial charge in [0.25, 0.3) is 0 Å². The predicted molar refractivity (Wildman–Crippen MR) is 90.5 cm³/mol. The van der Waals surface area contributed by atoms with Crippen LogP contribution < -0.4 is 5.32 Å². The highest BCUT2D eigenvalue weighted by Gasteiger charge is 2.22. The van der Waals surface area contributed by atoms with Gasteiger partial charge in [0.2, 0.25) is 0 Å². The lowest BCUT2D eigenvalue weighted by atomic mass is 10.1. The van der Waals surface area contributed by atoms with Crippen LogP contribution >= 0.6 is 11.3 Å². The Morgan fingerprint density at radius 1 is 1.27 bits per heavy atom. The molecule has 1 aliphatic carbocycles. The van der Waals surface area contributed by atoms with E-state index >= 15 is 0 Å². The van der Waals surface area contributed by atoms with Crippen molar-refractivity contribution < 1.29 is 0 Å². The highest BCUT2D eigenvalue weighted by Crippen LogP contribution is 2.40. The highest BCUT2D eigenvalue weighted by atomic mass is 32.1. The molecule has 1 atom stereocenters. The molecule has 0 radical (unpaired) electrons. The molecular weight excluding hydrogens is 292 g/mol. The van der Waals surface area contributed by atoms with Gasteiger partial charge in [0.15, 0.2) is 0 Å². The van der Waals surface area contributed by atoms with E-state index in [1.807, 2.05) is 30.5 Å². The van der Waals surface area contributed by atoms with Crippen molar-refractivity contribution >= 4 is 27.4 Å². The molecule has 1 N–H and O–H groups in total. The van der Waals surface area contributed by atoms with Crippen LogP contribution in [0.2, 0.25) is 0 Å². The van der Waals surface area contributed by atoms with Gasteiger partial charge in [-0.3, -0.25) is 4.98 Å². The SMILES string of the molecule is Cc1nc(N[C@@H](C)c2cccnc2)c2c3c(sc2n1)CCC3. The van der Waals surface area contributed by atoms with E-state index < -0.39 is 0 Å². The number of aromatic nitrogens is 3. The summed E-state index contributed by atoms with van der Waals surface area (Å²) in [6.07, 6.45) is 7.29. The van der Waals surface area contributed by atoms with Crippen LogP contribution in [0, 0.1) is 6.92 Å². The minimum Gasteiger partial charge on any atom is -0.363 e. The average Bonchev–Trinajstić information content (AvgIpc) is 3.08. The van der Waals surface area contributed by atoms with Gasteiger partial charge in [-0.2, -0.15) is 0 Å². The van der Waals surface area contributed by atoms with Crippen LogP contribution in [0.4, 0.5) is 5.82 Å². The molecule has 22 heavy (non-hydrogen) atoms. The van der Waals surface area contributed by atoms with Gasteiger partial charge in [0.1, 0.15) is 16.5 Å². The Labute approximate surface area is 133 Å². The summed E-state index contributed by atoms with van der Waals surface area (Å²) < 4.78 is 0. The largest absolute Gasteiger partial charge is 0.363 e. The van der Waals surface area contributed by atoms with Crippen LogP contribution in [0.1, 0.15) is 41.2 Å². The highest BCUT2D eigenvalue weighted by molar-refractivity contribution is 7.19. The number of hydrogen-bond donors (Lipinski definition) is 1. The molecule has 0 aliphatic heterocycles. The lowest BCUT2D eigenvalue weighted by Crippen LogP contribution is -2.09. The van der Waals surface area contributed by atoms with E-state index in [4.69, 9.17) is 0 Å². The summed E-state index contributed by atoms with van der Waals surface area (Å²) >= 11 is 1.83. The van der Waals surface area contributed by atoms with Crippen LogP contribution in [0.15, 0.2) is 24.5 Å². The van der Waals surface area contributed by atoms with Gasteiger partial charge in [-0.05, 0) is 50.3 Å². The molecule has 3 aromatic rings. The molecule has 0 spiro atoms. The Morgan fingerprint density at radius 2 is 2.18 bits per heavy atom. The molecule has 0 aromatic carbocycles. The van der Waals surface area contributed by atoms with Crippen molar-refractivity contribution in [3.63, 3.8) is 0 Å². The quantitative estimate of drug-likeness (QED) is 0.792. The zero-order valence-electron chi connectivity index (χ0n) is 12.8. The van der Waals surface area contributed by atoms with Crippen molar-refractivity contribution in [2.75, 3.05) is 5.32 Å². The maximum Gasteiger partial charge on any atom is 0.139 e. The van der Waals surface area contributed by atoms with Gasteiger partial charge in [0, 0.05) is 17.3 Å². The number of aryl methyl sites for hydroxylation is 3. The van der Waals surface area contributed by atoms with Gasteiger partial charge in [-0.25, -0.2) is 9.97 Å².